The minimum Gasteiger partial charge on any atom is -0.343 e. The van der Waals surface area contributed by atoms with Crippen LogP contribution in [0.3, 0.4) is 0 Å². The average molecular weight is 252 g/mol. The summed E-state index contributed by atoms with van der Waals surface area (Å²) >= 11 is 0. The van der Waals surface area contributed by atoms with E-state index in [1.807, 2.05) is 0 Å². The first-order chi connectivity index (χ1) is 7.79. The van der Waals surface area contributed by atoms with Gasteiger partial charge in [0.25, 0.3) is 0 Å². The Balaban J connectivity index is 2.31. The summed E-state index contributed by atoms with van der Waals surface area (Å²) in [4.78, 5) is 24.0. The highest BCUT2D eigenvalue weighted by Crippen LogP contribution is 2.22. The van der Waals surface area contributed by atoms with Gasteiger partial charge in [0.05, 0.1) is 6.54 Å². The number of unbranched alkanes of at least 4 members (excludes halogenated alkanes) is 1. The molecule has 4 nitrogen and oxygen atoms in total. The highest BCUT2D eigenvalue weighted by atomic mass is 19.4. The second-order valence-electron chi connectivity index (χ2n) is 4.12. The number of amides is 2. The van der Waals surface area contributed by atoms with Gasteiger partial charge >= 0.3 is 6.18 Å². The van der Waals surface area contributed by atoms with Crippen LogP contribution in [-0.2, 0) is 9.59 Å². The Bertz CT molecular complexity index is 304. The fraction of sp³-hybridized carbons (Fsp3) is 0.800. The van der Waals surface area contributed by atoms with E-state index in [4.69, 9.17) is 0 Å². The van der Waals surface area contributed by atoms with Gasteiger partial charge in [-0.1, -0.05) is 0 Å². The van der Waals surface area contributed by atoms with Crippen LogP contribution in [0.15, 0.2) is 0 Å². The predicted octanol–water partition coefficient (Wildman–Crippen LogP) is 1.07. The van der Waals surface area contributed by atoms with Crippen LogP contribution in [-0.4, -0.2) is 42.0 Å². The third kappa shape index (κ3) is 4.62. The molecule has 1 aliphatic rings. The lowest BCUT2D eigenvalue weighted by Gasteiger charge is -2.30. The van der Waals surface area contributed by atoms with Crippen LogP contribution >= 0.6 is 0 Å². The number of carbonyl (C=O) groups is 2. The molecule has 1 heterocycles. The minimum absolute atomic E-state index is 0.0245. The summed E-state index contributed by atoms with van der Waals surface area (Å²) in [5.41, 5.74) is 0. The summed E-state index contributed by atoms with van der Waals surface area (Å²) < 4.78 is 35.6. The second kappa shape index (κ2) is 5.37. The van der Waals surface area contributed by atoms with Gasteiger partial charge in [-0.25, -0.2) is 0 Å². The highest BCUT2D eigenvalue weighted by Gasteiger charge is 2.30. The molecular weight excluding hydrogens is 237 g/mol. The molecule has 0 aliphatic carbocycles. The van der Waals surface area contributed by atoms with Crippen molar-refractivity contribution in [2.75, 3.05) is 13.1 Å². The Morgan fingerprint density at radius 2 is 2.00 bits per heavy atom. The van der Waals surface area contributed by atoms with E-state index in [-0.39, 0.29) is 37.7 Å². The van der Waals surface area contributed by atoms with Gasteiger partial charge in [0.15, 0.2) is 0 Å². The lowest BCUT2D eigenvalue weighted by molar-refractivity contribution is -0.144. The molecule has 1 fully saturated rings. The van der Waals surface area contributed by atoms with E-state index >= 15 is 0 Å². The van der Waals surface area contributed by atoms with Crippen molar-refractivity contribution in [1.29, 1.82) is 0 Å². The number of hydrogen-bond acceptors (Lipinski definition) is 2. The fourth-order valence-electron chi connectivity index (χ4n) is 1.69. The quantitative estimate of drug-likeness (QED) is 0.761. The average Bonchev–Trinajstić information content (AvgIpc) is 2.18. The first-order valence-electron chi connectivity index (χ1n) is 5.44. The number of nitrogens with one attached hydrogen (secondary N) is 1. The second-order valence-corrected chi connectivity index (χ2v) is 4.12. The van der Waals surface area contributed by atoms with Gasteiger partial charge in [-0.3, -0.25) is 9.59 Å². The molecule has 2 amide bonds. The zero-order chi connectivity index (χ0) is 13.1. The number of piperazine rings is 1. The molecule has 0 bridgehead atoms. The summed E-state index contributed by atoms with van der Waals surface area (Å²) in [7, 11) is 0. The number of hydrogen-bond donors (Lipinski definition) is 1. The first kappa shape index (κ1) is 13.8. The van der Waals surface area contributed by atoms with Gasteiger partial charge < -0.3 is 10.2 Å². The van der Waals surface area contributed by atoms with E-state index in [0.717, 1.165) is 0 Å². The van der Waals surface area contributed by atoms with Crippen molar-refractivity contribution in [2.24, 2.45) is 0 Å². The maximum atomic E-state index is 11.9. The Kier molecular flexibility index (Phi) is 4.36. The van der Waals surface area contributed by atoms with Gasteiger partial charge in [-0.05, 0) is 19.8 Å². The molecule has 1 unspecified atom stereocenters. The van der Waals surface area contributed by atoms with Crippen molar-refractivity contribution in [2.45, 2.75) is 38.4 Å². The van der Waals surface area contributed by atoms with Crippen molar-refractivity contribution >= 4 is 11.8 Å². The number of alkyl halides is 3. The summed E-state index contributed by atoms with van der Waals surface area (Å²) in [5, 5.41) is 2.46. The number of rotatable bonds is 4. The monoisotopic (exact) mass is 252 g/mol. The van der Waals surface area contributed by atoms with Crippen LogP contribution < -0.4 is 5.32 Å². The molecule has 1 saturated heterocycles. The summed E-state index contributed by atoms with van der Waals surface area (Å²) in [6, 6.07) is -0.584. The van der Waals surface area contributed by atoms with Crippen molar-refractivity contribution in [3.8, 4) is 0 Å². The van der Waals surface area contributed by atoms with E-state index in [0.29, 0.717) is 0 Å². The molecule has 0 spiro atoms. The van der Waals surface area contributed by atoms with E-state index in [9.17, 15) is 22.8 Å². The molecule has 17 heavy (non-hydrogen) atoms. The number of carbonyl (C=O) groups excluding carboxylic acids is 2. The Hall–Kier alpha value is -1.27. The van der Waals surface area contributed by atoms with Crippen molar-refractivity contribution < 1.29 is 22.8 Å². The van der Waals surface area contributed by atoms with Crippen molar-refractivity contribution in [1.82, 2.24) is 10.2 Å². The molecule has 1 rings (SSSR count). The molecule has 1 atom stereocenters. The molecule has 1 aliphatic heterocycles. The van der Waals surface area contributed by atoms with Gasteiger partial charge in [0, 0.05) is 13.0 Å². The van der Waals surface area contributed by atoms with Crippen LogP contribution in [0.1, 0.15) is 26.2 Å². The molecule has 0 aromatic rings. The maximum absolute atomic E-state index is 11.9. The summed E-state index contributed by atoms with van der Waals surface area (Å²) in [5.74, 6) is -0.510. The lowest BCUT2D eigenvalue weighted by atomic mass is 10.1. The van der Waals surface area contributed by atoms with Crippen LogP contribution in [0.25, 0.3) is 0 Å². The van der Waals surface area contributed by atoms with Crippen molar-refractivity contribution in [3.63, 3.8) is 0 Å². The summed E-state index contributed by atoms with van der Waals surface area (Å²) in [6.07, 6.45) is -4.78. The zero-order valence-corrected chi connectivity index (χ0v) is 9.51. The van der Waals surface area contributed by atoms with Gasteiger partial charge in [-0.2, -0.15) is 13.2 Å². The third-order valence-corrected chi connectivity index (χ3v) is 2.53. The Morgan fingerprint density at radius 3 is 2.59 bits per heavy atom. The SMILES string of the molecule is CC1NC(=O)CN(CCCCC(F)(F)F)C1=O. The standard InChI is InChI=1S/C10H15F3N2O2/c1-7-9(17)15(6-8(16)14-7)5-3-2-4-10(11,12)13/h7H,2-6H2,1H3,(H,14,16). The smallest absolute Gasteiger partial charge is 0.343 e. The molecule has 98 valence electrons. The van der Waals surface area contributed by atoms with Crippen molar-refractivity contribution in [3.05, 3.63) is 0 Å². The summed E-state index contributed by atoms with van der Waals surface area (Å²) in [6.45, 7) is 1.70. The van der Waals surface area contributed by atoms with Gasteiger partial charge in [0.2, 0.25) is 11.8 Å². The highest BCUT2D eigenvalue weighted by molar-refractivity contribution is 5.94. The molecule has 0 aromatic carbocycles. The Labute approximate surface area is 97.1 Å². The van der Waals surface area contributed by atoms with Gasteiger partial charge in [0.1, 0.15) is 6.04 Å². The lowest BCUT2D eigenvalue weighted by Crippen LogP contribution is -2.56. The van der Waals surface area contributed by atoms with Gasteiger partial charge in [-0.15, -0.1) is 0 Å². The number of halogens is 3. The van der Waals surface area contributed by atoms with Crippen LogP contribution in [0.5, 0.6) is 0 Å². The van der Waals surface area contributed by atoms with Crippen LogP contribution in [0.4, 0.5) is 13.2 Å². The number of nitrogens with zero attached hydrogens (tertiary/aromatic N) is 1. The van der Waals surface area contributed by atoms with Crippen LogP contribution in [0.2, 0.25) is 0 Å². The predicted molar refractivity (Wildman–Crippen MR) is 54.1 cm³/mol. The Morgan fingerprint density at radius 1 is 1.35 bits per heavy atom. The largest absolute Gasteiger partial charge is 0.389 e. The minimum atomic E-state index is -4.16. The van der Waals surface area contributed by atoms with E-state index < -0.39 is 18.6 Å². The normalized spacial score (nSPS) is 21.6. The molecule has 0 radical (unpaired) electrons. The van der Waals surface area contributed by atoms with Crippen LogP contribution in [0, 0.1) is 0 Å². The molecule has 0 aromatic heterocycles. The van der Waals surface area contributed by atoms with E-state index in [2.05, 4.69) is 5.32 Å². The molecular formula is C10H15F3N2O2. The van der Waals surface area contributed by atoms with E-state index in [1.165, 1.54) is 4.90 Å². The molecule has 0 saturated carbocycles. The third-order valence-electron chi connectivity index (χ3n) is 2.53. The first-order valence-corrected chi connectivity index (χ1v) is 5.44. The zero-order valence-electron chi connectivity index (χ0n) is 9.51. The van der Waals surface area contributed by atoms with E-state index in [1.54, 1.807) is 6.92 Å². The maximum Gasteiger partial charge on any atom is 0.389 e. The molecule has 7 heteroatoms. The fourth-order valence-corrected chi connectivity index (χ4v) is 1.69. The molecule has 1 N–H and O–H groups in total. The topological polar surface area (TPSA) is 49.4 Å².